The molecule has 9 heteroatoms. The molecule has 2 rings (SSSR count). The van der Waals surface area contributed by atoms with Crippen molar-refractivity contribution < 1.29 is 22.1 Å². The Morgan fingerprint density at radius 2 is 1.80 bits per heavy atom. The van der Waals surface area contributed by atoms with Crippen molar-refractivity contribution in [3.05, 3.63) is 48.0 Å². The highest BCUT2D eigenvalue weighted by molar-refractivity contribution is 7.98. The van der Waals surface area contributed by atoms with Gasteiger partial charge in [0.15, 0.2) is 11.5 Å². The van der Waals surface area contributed by atoms with Crippen molar-refractivity contribution in [1.29, 1.82) is 0 Å². The van der Waals surface area contributed by atoms with E-state index in [0.29, 0.717) is 11.4 Å². The molecule has 0 spiro atoms. The van der Waals surface area contributed by atoms with Gasteiger partial charge in [-0.05, 0) is 69.0 Å². The molecule has 7 nitrogen and oxygen atoms in total. The average molecular weight is 453 g/mol. The monoisotopic (exact) mass is 452 g/mol. The molecule has 1 N–H and O–H groups in total. The summed E-state index contributed by atoms with van der Waals surface area (Å²) in [5, 5.41) is 2.91. The number of hydrogen-bond acceptors (Lipinski definition) is 6. The summed E-state index contributed by atoms with van der Waals surface area (Å²) in [6.45, 7) is 5.61. The summed E-state index contributed by atoms with van der Waals surface area (Å²) in [6, 6.07) is 12.3. The molecule has 0 bridgehead atoms. The van der Waals surface area contributed by atoms with E-state index < -0.39 is 10.1 Å². The Kier molecular flexibility index (Phi) is 8.43. The number of nitrogens with one attached hydrogen (secondary N) is 1. The van der Waals surface area contributed by atoms with Crippen molar-refractivity contribution in [3.63, 3.8) is 0 Å². The van der Waals surface area contributed by atoms with E-state index in [4.69, 9.17) is 8.92 Å². The third-order valence-corrected chi connectivity index (χ3v) is 6.26. The quantitative estimate of drug-likeness (QED) is 0.443. The minimum Gasteiger partial charge on any atom is -0.493 e. The number of carbonyl (C=O) groups is 1. The van der Waals surface area contributed by atoms with Crippen molar-refractivity contribution >= 4 is 33.6 Å². The minimum atomic E-state index is -3.70. The third-order valence-electron chi connectivity index (χ3n) is 4.38. The first-order chi connectivity index (χ1) is 14.2. The van der Waals surface area contributed by atoms with Crippen LogP contribution in [0.25, 0.3) is 0 Å². The third kappa shape index (κ3) is 6.56. The lowest BCUT2D eigenvalue weighted by Crippen LogP contribution is -2.39. The first-order valence-electron chi connectivity index (χ1n) is 9.49. The van der Waals surface area contributed by atoms with Crippen molar-refractivity contribution in [2.45, 2.75) is 38.3 Å². The van der Waals surface area contributed by atoms with Gasteiger partial charge >= 0.3 is 16.1 Å². The van der Waals surface area contributed by atoms with Crippen LogP contribution in [0.1, 0.15) is 26.3 Å². The largest absolute Gasteiger partial charge is 0.493 e. The SMILES string of the molecule is CCS(=O)(=O)Oc1cc(CN(C(=O)Nc2ccc(SC)cc2)C(C)C)ccc1OC. The fourth-order valence-electron chi connectivity index (χ4n) is 2.64. The molecule has 0 atom stereocenters. The van der Waals surface area contributed by atoms with Gasteiger partial charge in [-0.25, -0.2) is 4.79 Å². The molecule has 0 aliphatic rings. The maximum absolute atomic E-state index is 12.9. The van der Waals surface area contributed by atoms with E-state index >= 15 is 0 Å². The van der Waals surface area contributed by atoms with Crippen molar-refractivity contribution in [2.75, 3.05) is 24.4 Å². The summed E-state index contributed by atoms with van der Waals surface area (Å²) in [5.41, 5.74) is 1.43. The highest BCUT2D eigenvalue weighted by Crippen LogP contribution is 2.30. The predicted octanol–water partition coefficient (Wildman–Crippen LogP) is 4.59. The maximum Gasteiger partial charge on any atom is 0.322 e. The van der Waals surface area contributed by atoms with Crippen LogP contribution in [0.15, 0.2) is 47.4 Å². The van der Waals surface area contributed by atoms with Gasteiger partial charge < -0.3 is 19.1 Å². The van der Waals surface area contributed by atoms with Gasteiger partial charge in [-0.1, -0.05) is 6.07 Å². The molecular formula is C21H28N2O5S2. The number of thioether (sulfide) groups is 1. The zero-order chi connectivity index (χ0) is 22.3. The number of ether oxygens (including phenoxy) is 1. The number of anilines is 1. The van der Waals surface area contributed by atoms with Crippen LogP contribution in [0.5, 0.6) is 11.5 Å². The van der Waals surface area contributed by atoms with E-state index in [1.54, 1.807) is 34.9 Å². The molecule has 0 radical (unpaired) electrons. The van der Waals surface area contributed by atoms with Crippen molar-refractivity contribution in [3.8, 4) is 11.5 Å². The van der Waals surface area contributed by atoms with E-state index in [2.05, 4.69) is 5.32 Å². The topological polar surface area (TPSA) is 84.9 Å². The first-order valence-corrected chi connectivity index (χ1v) is 12.3. The van der Waals surface area contributed by atoms with Crippen LogP contribution in [0.3, 0.4) is 0 Å². The molecule has 0 heterocycles. The fourth-order valence-corrected chi connectivity index (χ4v) is 3.57. The zero-order valence-corrected chi connectivity index (χ0v) is 19.5. The number of rotatable bonds is 9. The lowest BCUT2D eigenvalue weighted by atomic mass is 10.1. The van der Waals surface area contributed by atoms with Crippen LogP contribution in [0.4, 0.5) is 10.5 Å². The number of carbonyl (C=O) groups excluding carboxylic acids is 1. The van der Waals surface area contributed by atoms with Gasteiger partial charge in [0, 0.05) is 23.2 Å². The summed E-state index contributed by atoms with van der Waals surface area (Å²) in [7, 11) is -2.26. The van der Waals surface area contributed by atoms with Crippen LogP contribution in [0, 0.1) is 0 Å². The van der Waals surface area contributed by atoms with Crippen LogP contribution in [-0.4, -0.2) is 44.5 Å². The number of benzene rings is 2. The molecule has 0 unspecified atom stereocenters. The van der Waals surface area contributed by atoms with Crippen molar-refractivity contribution in [2.24, 2.45) is 0 Å². The van der Waals surface area contributed by atoms with Gasteiger partial charge in [0.2, 0.25) is 0 Å². The number of amides is 2. The van der Waals surface area contributed by atoms with Gasteiger partial charge in [0.1, 0.15) is 0 Å². The van der Waals surface area contributed by atoms with E-state index in [1.165, 1.54) is 14.0 Å². The van der Waals surface area contributed by atoms with E-state index in [9.17, 15) is 13.2 Å². The molecule has 2 aromatic rings. The van der Waals surface area contributed by atoms with Crippen LogP contribution in [0.2, 0.25) is 0 Å². The summed E-state index contributed by atoms with van der Waals surface area (Å²) < 4.78 is 34.1. The van der Waals surface area contributed by atoms with E-state index in [0.717, 1.165) is 10.5 Å². The highest BCUT2D eigenvalue weighted by Gasteiger charge is 2.20. The first kappa shape index (κ1) is 23.9. The second kappa shape index (κ2) is 10.6. The van der Waals surface area contributed by atoms with Crippen LogP contribution in [-0.2, 0) is 16.7 Å². The lowest BCUT2D eigenvalue weighted by Gasteiger charge is -2.27. The normalized spacial score (nSPS) is 11.3. The molecule has 30 heavy (non-hydrogen) atoms. The molecule has 0 saturated heterocycles. The minimum absolute atomic E-state index is 0.0821. The Morgan fingerprint density at radius 1 is 1.13 bits per heavy atom. The smallest absolute Gasteiger partial charge is 0.322 e. The molecule has 2 amide bonds. The molecule has 0 aromatic heterocycles. The summed E-state index contributed by atoms with van der Waals surface area (Å²) in [6.07, 6.45) is 1.99. The molecule has 0 aliphatic heterocycles. The van der Waals surface area contributed by atoms with Gasteiger partial charge in [-0.2, -0.15) is 8.42 Å². The summed E-state index contributed by atoms with van der Waals surface area (Å²) in [5.74, 6) is 0.259. The standard InChI is InChI=1S/C21H28N2O5S2/c1-6-30(25,26)28-20-13-16(7-12-19(20)27-4)14-23(15(2)3)21(24)22-17-8-10-18(29-5)11-9-17/h7-13,15H,6,14H2,1-5H3,(H,22,24). The van der Waals surface area contributed by atoms with E-state index in [1.807, 2.05) is 44.4 Å². The van der Waals surface area contributed by atoms with Gasteiger partial charge in [0.05, 0.1) is 12.9 Å². The van der Waals surface area contributed by atoms with E-state index in [-0.39, 0.29) is 30.1 Å². The number of nitrogens with zero attached hydrogens (tertiary/aromatic N) is 1. The predicted molar refractivity (Wildman–Crippen MR) is 121 cm³/mol. The second-order valence-corrected chi connectivity index (χ2v) is 9.53. The van der Waals surface area contributed by atoms with Crippen LogP contribution < -0.4 is 14.2 Å². The average Bonchev–Trinajstić information content (AvgIpc) is 2.72. The fraction of sp³-hybridized carbons (Fsp3) is 0.381. The maximum atomic E-state index is 12.9. The van der Waals surface area contributed by atoms with Gasteiger partial charge in [-0.3, -0.25) is 0 Å². The summed E-state index contributed by atoms with van der Waals surface area (Å²) in [4.78, 5) is 15.6. The number of urea groups is 1. The van der Waals surface area contributed by atoms with Crippen molar-refractivity contribution in [1.82, 2.24) is 4.90 Å². The molecule has 0 fully saturated rings. The molecule has 2 aromatic carbocycles. The zero-order valence-electron chi connectivity index (χ0n) is 17.8. The second-order valence-electron chi connectivity index (χ2n) is 6.80. The molecule has 164 valence electrons. The van der Waals surface area contributed by atoms with Gasteiger partial charge in [-0.15, -0.1) is 11.8 Å². The van der Waals surface area contributed by atoms with Crippen LogP contribution >= 0.6 is 11.8 Å². The lowest BCUT2D eigenvalue weighted by molar-refractivity contribution is 0.193. The Hall–Kier alpha value is -2.39. The molecule has 0 saturated carbocycles. The highest BCUT2D eigenvalue weighted by atomic mass is 32.2. The Bertz CT molecular complexity index is 960. The Balaban J connectivity index is 2.21. The molecular weight excluding hydrogens is 424 g/mol. The number of methoxy groups -OCH3 is 1. The Labute approximate surface area is 182 Å². The van der Waals surface area contributed by atoms with Gasteiger partial charge in [0.25, 0.3) is 0 Å². The summed E-state index contributed by atoms with van der Waals surface area (Å²) >= 11 is 1.63. The molecule has 0 aliphatic carbocycles. The Morgan fingerprint density at radius 3 is 2.33 bits per heavy atom. The number of hydrogen-bond donors (Lipinski definition) is 1.